The molecule has 5 nitrogen and oxygen atoms in total. The summed E-state index contributed by atoms with van der Waals surface area (Å²) in [7, 11) is 0. The average Bonchev–Trinajstić information content (AvgIpc) is 3.07. The molecule has 2 aliphatic rings. The average molecular weight is 357 g/mol. The van der Waals surface area contributed by atoms with E-state index < -0.39 is 0 Å². The fourth-order valence-corrected chi connectivity index (χ4v) is 3.63. The SMILES string of the molecule is CC(C)(C)CNC(=O)N1CCN(C(=O)Cc2ccc3c(c2)CCC3)CC1. The van der Waals surface area contributed by atoms with Gasteiger partial charge in [0.2, 0.25) is 5.91 Å². The van der Waals surface area contributed by atoms with Crippen LogP contribution in [-0.2, 0) is 24.1 Å². The summed E-state index contributed by atoms with van der Waals surface area (Å²) in [5.74, 6) is 0.165. The summed E-state index contributed by atoms with van der Waals surface area (Å²) in [6.45, 7) is 9.40. The smallest absolute Gasteiger partial charge is 0.317 e. The summed E-state index contributed by atoms with van der Waals surface area (Å²) in [6.07, 6.45) is 4.00. The summed E-state index contributed by atoms with van der Waals surface area (Å²) >= 11 is 0. The predicted octanol–water partition coefficient (Wildman–Crippen LogP) is 2.62. The lowest BCUT2D eigenvalue weighted by atomic mass is 9.97. The number of benzene rings is 1. The van der Waals surface area contributed by atoms with Gasteiger partial charge >= 0.3 is 6.03 Å². The predicted molar refractivity (Wildman–Crippen MR) is 103 cm³/mol. The van der Waals surface area contributed by atoms with Gasteiger partial charge in [0.25, 0.3) is 0 Å². The van der Waals surface area contributed by atoms with E-state index in [1.165, 1.54) is 24.0 Å². The van der Waals surface area contributed by atoms with Crippen LogP contribution in [0.2, 0.25) is 0 Å². The van der Waals surface area contributed by atoms with Crippen LogP contribution >= 0.6 is 0 Å². The molecular formula is C21H31N3O2. The highest BCUT2D eigenvalue weighted by molar-refractivity contribution is 5.79. The van der Waals surface area contributed by atoms with Gasteiger partial charge < -0.3 is 15.1 Å². The van der Waals surface area contributed by atoms with Crippen molar-refractivity contribution in [2.75, 3.05) is 32.7 Å². The molecule has 0 radical (unpaired) electrons. The van der Waals surface area contributed by atoms with E-state index in [4.69, 9.17) is 0 Å². The van der Waals surface area contributed by atoms with E-state index in [2.05, 4.69) is 44.3 Å². The Balaban J connectivity index is 1.47. The molecule has 3 amide bonds. The number of piperazine rings is 1. The molecule has 1 N–H and O–H groups in total. The Kier molecular flexibility index (Phi) is 5.54. The van der Waals surface area contributed by atoms with Gasteiger partial charge in [-0.3, -0.25) is 4.79 Å². The molecule has 0 bridgehead atoms. The van der Waals surface area contributed by atoms with Crippen molar-refractivity contribution in [2.45, 2.75) is 46.5 Å². The van der Waals surface area contributed by atoms with Gasteiger partial charge in [-0.25, -0.2) is 4.79 Å². The maximum absolute atomic E-state index is 12.6. The lowest BCUT2D eigenvalue weighted by molar-refractivity contribution is -0.131. The monoisotopic (exact) mass is 357 g/mol. The van der Waals surface area contributed by atoms with Gasteiger partial charge in [-0.1, -0.05) is 39.0 Å². The number of amides is 3. The lowest BCUT2D eigenvalue weighted by Gasteiger charge is -2.35. The van der Waals surface area contributed by atoms with Gasteiger partial charge in [-0.15, -0.1) is 0 Å². The van der Waals surface area contributed by atoms with Crippen LogP contribution in [-0.4, -0.2) is 54.5 Å². The lowest BCUT2D eigenvalue weighted by Crippen LogP contribution is -2.54. The van der Waals surface area contributed by atoms with Crippen LogP contribution in [0.25, 0.3) is 0 Å². The van der Waals surface area contributed by atoms with Crippen molar-refractivity contribution in [2.24, 2.45) is 5.41 Å². The van der Waals surface area contributed by atoms with Gasteiger partial charge in [-0.2, -0.15) is 0 Å². The number of aryl methyl sites for hydroxylation is 2. The van der Waals surface area contributed by atoms with Crippen molar-refractivity contribution in [3.8, 4) is 0 Å². The van der Waals surface area contributed by atoms with Crippen molar-refractivity contribution >= 4 is 11.9 Å². The van der Waals surface area contributed by atoms with E-state index >= 15 is 0 Å². The Morgan fingerprint density at radius 3 is 2.35 bits per heavy atom. The van der Waals surface area contributed by atoms with Gasteiger partial charge in [0.15, 0.2) is 0 Å². The molecule has 142 valence electrons. The van der Waals surface area contributed by atoms with E-state index in [1.54, 1.807) is 0 Å². The Morgan fingerprint density at radius 1 is 1.00 bits per heavy atom. The fourth-order valence-electron chi connectivity index (χ4n) is 3.63. The van der Waals surface area contributed by atoms with E-state index in [1.807, 2.05) is 9.80 Å². The molecule has 1 aromatic rings. The number of urea groups is 1. The quantitative estimate of drug-likeness (QED) is 0.904. The Bertz CT molecular complexity index is 670. The van der Waals surface area contributed by atoms with Crippen LogP contribution < -0.4 is 5.32 Å². The third kappa shape index (κ3) is 4.77. The molecule has 1 aliphatic carbocycles. The Hall–Kier alpha value is -2.04. The molecule has 0 saturated carbocycles. The summed E-state index contributed by atoms with van der Waals surface area (Å²) in [6, 6.07) is 6.46. The molecule has 5 heteroatoms. The molecule has 1 aliphatic heterocycles. The van der Waals surface area contributed by atoms with Crippen molar-refractivity contribution < 1.29 is 9.59 Å². The van der Waals surface area contributed by atoms with Crippen LogP contribution in [0, 0.1) is 5.41 Å². The normalized spacial score (nSPS) is 17.2. The van der Waals surface area contributed by atoms with Gasteiger partial charge in [-0.05, 0) is 41.4 Å². The Morgan fingerprint density at radius 2 is 1.65 bits per heavy atom. The van der Waals surface area contributed by atoms with Crippen LogP contribution in [0.5, 0.6) is 0 Å². The molecule has 0 spiro atoms. The molecule has 0 atom stereocenters. The summed E-state index contributed by atoms with van der Waals surface area (Å²) in [5.41, 5.74) is 4.04. The second-order valence-electron chi connectivity index (χ2n) is 8.72. The number of fused-ring (bicyclic) bond motifs is 1. The van der Waals surface area contributed by atoms with Crippen LogP contribution in [0.3, 0.4) is 0 Å². The number of carbonyl (C=O) groups is 2. The zero-order valence-corrected chi connectivity index (χ0v) is 16.3. The summed E-state index contributed by atoms with van der Waals surface area (Å²) < 4.78 is 0. The van der Waals surface area contributed by atoms with Crippen molar-refractivity contribution in [3.05, 3.63) is 34.9 Å². The largest absolute Gasteiger partial charge is 0.339 e. The van der Waals surface area contributed by atoms with Crippen LogP contribution in [0.15, 0.2) is 18.2 Å². The van der Waals surface area contributed by atoms with E-state index in [-0.39, 0.29) is 17.4 Å². The molecule has 0 unspecified atom stereocenters. The molecule has 1 aromatic carbocycles. The summed E-state index contributed by atoms with van der Waals surface area (Å²) in [5, 5.41) is 2.98. The Labute approximate surface area is 156 Å². The third-order valence-electron chi connectivity index (χ3n) is 5.21. The molecule has 1 fully saturated rings. The van der Waals surface area contributed by atoms with E-state index in [0.717, 1.165) is 12.0 Å². The molecule has 1 saturated heterocycles. The first-order chi connectivity index (χ1) is 12.3. The highest BCUT2D eigenvalue weighted by Crippen LogP contribution is 2.23. The first kappa shape index (κ1) is 18.7. The first-order valence-corrected chi connectivity index (χ1v) is 9.73. The molecule has 26 heavy (non-hydrogen) atoms. The van der Waals surface area contributed by atoms with Crippen molar-refractivity contribution in [3.63, 3.8) is 0 Å². The number of nitrogens with zero attached hydrogens (tertiary/aromatic N) is 2. The minimum atomic E-state index is -0.0225. The topological polar surface area (TPSA) is 52.7 Å². The van der Waals surface area contributed by atoms with Gasteiger partial charge in [0, 0.05) is 32.7 Å². The number of rotatable bonds is 3. The zero-order valence-electron chi connectivity index (χ0n) is 16.3. The van der Waals surface area contributed by atoms with Crippen LogP contribution in [0.4, 0.5) is 4.79 Å². The zero-order chi connectivity index (χ0) is 18.7. The first-order valence-electron chi connectivity index (χ1n) is 9.73. The molecule has 0 aromatic heterocycles. The second kappa shape index (κ2) is 7.68. The number of hydrogen-bond donors (Lipinski definition) is 1. The van der Waals surface area contributed by atoms with E-state index in [9.17, 15) is 9.59 Å². The molecular weight excluding hydrogens is 326 g/mol. The van der Waals surface area contributed by atoms with Crippen molar-refractivity contribution in [1.82, 2.24) is 15.1 Å². The minimum absolute atomic E-state index is 0.0225. The second-order valence-corrected chi connectivity index (χ2v) is 8.72. The van der Waals surface area contributed by atoms with Crippen LogP contribution in [0.1, 0.15) is 43.9 Å². The number of nitrogens with one attached hydrogen (secondary N) is 1. The highest BCUT2D eigenvalue weighted by Gasteiger charge is 2.25. The minimum Gasteiger partial charge on any atom is -0.339 e. The number of hydrogen-bond acceptors (Lipinski definition) is 2. The maximum atomic E-state index is 12.6. The molecule has 1 heterocycles. The summed E-state index contributed by atoms with van der Waals surface area (Å²) in [4.78, 5) is 28.5. The van der Waals surface area contributed by atoms with E-state index in [0.29, 0.717) is 39.1 Å². The standard InChI is InChI=1S/C21H31N3O2/c1-21(2,3)15-22-20(26)24-11-9-23(10-12-24)19(25)14-16-7-8-17-5-4-6-18(17)13-16/h7-8,13H,4-6,9-12,14-15H2,1-3H3,(H,22,26). The van der Waals surface area contributed by atoms with Gasteiger partial charge in [0.1, 0.15) is 0 Å². The maximum Gasteiger partial charge on any atom is 0.317 e. The number of carbonyl (C=O) groups excluding carboxylic acids is 2. The fraction of sp³-hybridized carbons (Fsp3) is 0.619. The third-order valence-corrected chi connectivity index (χ3v) is 5.21. The molecule has 3 rings (SSSR count). The van der Waals surface area contributed by atoms with Crippen molar-refractivity contribution in [1.29, 1.82) is 0 Å². The highest BCUT2D eigenvalue weighted by atomic mass is 16.2. The van der Waals surface area contributed by atoms with Gasteiger partial charge in [0.05, 0.1) is 6.42 Å².